The van der Waals surface area contributed by atoms with Crippen molar-refractivity contribution in [2.45, 2.75) is 13.0 Å². The largest absolute Gasteiger partial charge is 0.485 e. The lowest BCUT2D eigenvalue weighted by atomic mass is 10.2. The number of benzene rings is 2. The zero-order valence-electron chi connectivity index (χ0n) is 12.9. The molecule has 1 aliphatic heterocycles. The van der Waals surface area contributed by atoms with Gasteiger partial charge in [0.2, 0.25) is 11.2 Å². The minimum atomic E-state index is -0.705. The van der Waals surface area contributed by atoms with Crippen LogP contribution in [0.5, 0.6) is 11.5 Å². The lowest BCUT2D eigenvalue weighted by Gasteiger charge is -2.25. The highest BCUT2D eigenvalue weighted by Gasteiger charge is 2.27. The van der Waals surface area contributed by atoms with Crippen LogP contribution in [0.3, 0.4) is 0 Å². The summed E-state index contributed by atoms with van der Waals surface area (Å²) >= 11 is 1.48. The molecule has 4 rings (SSSR count). The van der Waals surface area contributed by atoms with Crippen LogP contribution in [0.4, 0.5) is 5.13 Å². The van der Waals surface area contributed by atoms with Gasteiger partial charge in [-0.05, 0) is 30.7 Å². The van der Waals surface area contributed by atoms with Crippen LogP contribution in [0.25, 0.3) is 10.2 Å². The van der Waals surface area contributed by atoms with Gasteiger partial charge < -0.3 is 9.47 Å². The Hall–Kier alpha value is -2.80. The molecule has 2 N–H and O–H groups in total. The Balaban J connectivity index is 1.42. The second kappa shape index (κ2) is 6.01. The standard InChI is InChI=1S/C17H15N3O3S/c1-10-5-4-8-14-15(10)18-17(24-14)20-19-16(21)13-9-22-11-6-2-3-7-12(11)23-13/h2-8,13H,9H2,1H3,(H,18,20)(H,19,21)/t13-/m0/s1. The Kier molecular flexibility index (Phi) is 3.70. The van der Waals surface area contributed by atoms with E-state index in [0.29, 0.717) is 16.6 Å². The second-order valence-corrected chi connectivity index (χ2v) is 6.45. The quantitative estimate of drug-likeness (QED) is 0.717. The SMILES string of the molecule is Cc1cccc2sc(NNC(=O)[C@@H]3COc4ccccc4O3)nc12. The number of aryl methyl sites for hydroxylation is 1. The monoisotopic (exact) mass is 341 g/mol. The highest BCUT2D eigenvalue weighted by molar-refractivity contribution is 7.22. The molecule has 0 unspecified atom stereocenters. The minimum absolute atomic E-state index is 0.170. The van der Waals surface area contributed by atoms with Crippen molar-refractivity contribution in [3.63, 3.8) is 0 Å². The van der Waals surface area contributed by atoms with Gasteiger partial charge >= 0.3 is 0 Å². The van der Waals surface area contributed by atoms with Gasteiger partial charge in [0.1, 0.15) is 6.61 Å². The van der Waals surface area contributed by atoms with E-state index in [1.807, 2.05) is 43.3 Å². The number of thiazole rings is 1. The van der Waals surface area contributed by atoms with E-state index in [2.05, 4.69) is 15.8 Å². The Morgan fingerprint density at radius 1 is 1.21 bits per heavy atom. The summed E-state index contributed by atoms with van der Waals surface area (Å²) in [4.78, 5) is 16.7. The third kappa shape index (κ3) is 2.74. The number of aromatic nitrogens is 1. The molecule has 3 aromatic rings. The molecule has 2 aromatic carbocycles. The highest BCUT2D eigenvalue weighted by Crippen LogP contribution is 2.31. The first-order chi connectivity index (χ1) is 11.7. The number of nitrogens with one attached hydrogen (secondary N) is 2. The van der Waals surface area contributed by atoms with Crippen LogP contribution in [-0.2, 0) is 4.79 Å². The van der Waals surface area contributed by atoms with Crippen LogP contribution in [-0.4, -0.2) is 23.6 Å². The molecule has 0 aliphatic carbocycles. The van der Waals surface area contributed by atoms with Gasteiger partial charge in [0, 0.05) is 0 Å². The Morgan fingerprint density at radius 3 is 2.88 bits per heavy atom. The molecule has 1 aromatic heterocycles. The number of nitrogens with zero attached hydrogens (tertiary/aromatic N) is 1. The van der Waals surface area contributed by atoms with Crippen molar-refractivity contribution >= 4 is 32.6 Å². The highest BCUT2D eigenvalue weighted by atomic mass is 32.1. The fourth-order valence-corrected chi connectivity index (χ4v) is 3.38. The number of hydrazine groups is 1. The molecular weight excluding hydrogens is 326 g/mol. The molecule has 0 spiro atoms. The molecule has 0 bridgehead atoms. The first kappa shape index (κ1) is 14.8. The van der Waals surface area contributed by atoms with Gasteiger partial charge in [0.05, 0.1) is 10.2 Å². The van der Waals surface area contributed by atoms with Gasteiger partial charge in [-0.1, -0.05) is 35.6 Å². The van der Waals surface area contributed by atoms with Crippen molar-refractivity contribution in [1.82, 2.24) is 10.4 Å². The summed E-state index contributed by atoms with van der Waals surface area (Å²) in [6, 6.07) is 13.3. The lowest BCUT2D eigenvalue weighted by molar-refractivity contribution is -0.129. The Morgan fingerprint density at radius 2 is 2.04 bits per heavy atom. The average molecular weight is 341 g/mol. The second-order valence-electron chi connectivity index (χ2n) is 5.42. The maximum atomic E-state index is 12.3. The number of rotatable bonds is 3. The van der Waals surface area contributed by atoms with E-state index in [1.54, 1.807) is 6.07 Å². The number of carbonyl (C=O) groups excluding carboxylic acids is 1. The molecule has 0 saturated heterocycles. The van der Waals surface area contributed by atoms with E-state index in [0.717, 1.165) is 15.8 Å². The summed E-state index contributed by atoms with van der Waals surface area (Å²) in [5.74, 6) is 0.913. The lowest BCUT2D eigenvalue weighted by Crippen LogP contribution is -2.45. The van der Waals surface area contributed by atoms with Crippen molar-refractivity contribution in [3.8, 4) is 11.5 Å². The number of ether oxygens (including phenoxy) is 2. The zero-order chi connectivity index (χ0) is 16.5. The number of hydrogen-bond acceptors (Lipinski definition) is 6. The molecule has 122 valence electrons. The topological polar surface area (TPSA) is 72.5 Å². The van der Waals surface area contributed by atoms with Crippen molar-refractivity contribution in [1.29, 1.82) is 0 Å². The van der Waals surface area contributed by atoms with Gasteiger partial charge in [-0.15, -0.1) is 0 Å². The van der Waals surface area contributed by atoms with E-state index in [1.165, 1.54) is 11.3 Å². The number of amides is 1. The van der Waals surface area contributed by atoms with Crippen molar-refractivity contribution in [2.24, 2.45) is 0 Å². The molecule has 2 heterocycles. The van der Waals surface area contributed by atoms with Crippen LogP contribution < -0.4 is 20.3 Å². The number of fused-ring (bicyclic) bond motifs is 2. The molecule has 1 aliphatic rings. The van der Waals surface area contributed by atoms with Gasteiger partial charge in [-0.3, -0.25) is 15.6 Å². The van der Waals surface area contributed by atoms with Gasteiger partial charge in [0.25, 0.3) is 5.91 Å². The van der Waals surface area contributed by atoms with Gasteiger partial charge in [-0.25, -0.2) is 4.98 Å². The van der Waals surface area contributed by atoms with E-state index in [4.69, 9.17) is 9.47 Å². The van der Waals surface area contributed by atoms with E-state index in [9.17, 15) is 4.79 Å². The molecule has 7 heteroatoms. The number of anilines is 1. The van der Waals surface area contributed by atoms with Crippen molar-refractivity contribution in [2.75, 3.05) is 12.0 Å². The van der Waals surface area contributed by atoms with E-state index < -0.39 is 6.10 Å². The molecule has 0 radical (unpaired) electrons. The van der Waals surface area contributed by atoms with Crippen LogP contribution in [0.2, 0.25) is 0 Å². The average Bonchev–Trinajstić information content (AvgIpc) is 3.04. The predicted molar refractivity (Wildman–Crippen MR) is 92.5 cm³/mol. The van der Waals surface area contributed by atoms with Crippen LogP contribution >= 0.6 is 11.3 Å². The van der Waals surface area contributed by atoms with E-state index in [-0.39, 0.29) is 12.5 Å². The number of para-hydroxylation sites is 3. The summed E-state index contributed by atoms with van der Waals surface area (Å²) in [6.45, 7) is 2.18. The molecule has 1 amide bonds. The molecule has 0 saturated carbocycles. The first-order valence-corrected chi connectivity index (χ1v) is 8.33. The van der Waals surface area contributed by atoms with Crippen LogP contribution in [0.1, 0.15) is 5.56 Å². The summed E-state index contributed by atoms with van der Waals surface area (Å²) in [6.07, 6.45) is -0.705. The molecule has 24 heavy (non-hydrogen) atoms. The molecule has 6 nitrogen and oxygen atoms in total. The third-order valence-electron chi connectivity index (χ3n) is 3.71. The van der Waals surface area contributed by atoms with Crippen LogP contribution in [0, 0.1) is 6.92 Å². The maximum Gasteiger partial charge on any atom is 0.283 e. The Bertz CT molecular complexity index is 909. The predicted octanol–water partition coefficient (Wildman–Crippen LogP) is 2.89. The molecular formula is C17H15N3O3S. The molecule has 1 atom stereocenters. The molecule has 0 fully saturated rings. The normalized spacial score (nSPS) is 16.0. The first-order valence-electron chi connectivity index (χ1n) is 7.51. The third-order valence-corrected chi connectivity index (χ3v) is 4.65. The van der Waals surface area contributed by atoms with Gasteiger partial charge in [-0.2, -0.15) is 0 Å². The fraction of sp³-hybridized carbons (Fsp3) is 0.176. The number of hydrogen-bond donors (Lipinski definition) is 2. The van der Waals surface area contributed by atoms with Crippen molar-refractivity contribution < 1.29 is 14.3 Å². The summed E-state index contributed by atoms with van der Waals surface area (Å²) in [5, 5.41) is 0.629. The number of carbonyl (C=O) groups is 1. The smallest absolute Gasteiger partial charge is 0.283 e. The van der Waals surface area contributed by atoms with E-state index >= 15 is 0 Å². The van der Waals surface area contributed by atoms with Crippen LogP contribution in [0.15, 0.2) is 42.5 Å². The summed E-state index contributed by atoms with van der Waals surface area (Å²) in [7, 11) is 0. The van der Waals surface area contributed by atoms with Gasteiger partial charge in [0.15, 0.2) is 11.5 Å². The summed E-state index contributed by atoms with van der Waals surface area (Å²) in [5.41, 5.74) is 7.52. The zero-order valence-corrected chi connectivity index (χ0v) is 13.7. The van der Waals surface area contributed by atoms with Crippen molar-refractivity contribution in [3.05, 3.63) is 48.0 Å². The Labute approximate surface area is 142 Å². The fourth-order valence-electron chi connectivity index (χ4n) is 2.48. The summed E-state index contributed by atoms with van der Waals surface area (Å²) < 4.78 is 12.3. The minimum Gasteiger partial charge on any atom is -0.485 e. The maximum absolute atomic E-state index is 12.3.